The van der Waals surface area contributed by atoms with Gasteiger partial charge in [-0.05, 0) is 38.1 Å². The van der Waals surface area contributed by atoms with Gasteiger partial charge in [0.2, 0.25) is 0 Å². The molecule has 0 amide bonds. The average molecular weight is 366 g/mol. The van der Waals surface area contributed by atoms with E-state index in [1.807, 2.05) is 13.8 Å². The maximum absolute atomic E-state index is 13.0. The van der Waals surface area contributed by atoms with Gasteiger partial charge in [-0.1, -0.05) is 35.4 Å². The van der Waals surface area contributed by atoms with Crippen molar-refractivity contribution in [2.75, 3.05) is 0 Å². The quantitative estimate of drug-likeness (QED) is 0.395. The van der Waals surface area contributed by atoms with Crippen molar-refractivity contribution in [2.24, 2.45) is 0 Å². The van der Waals surface area contributed by atoms with E-state index in [9.17, 15) is 19.2 Å². The predicted octanol–water partition coefficient (Wildman–Crippen LogP) is 3.23. The van der Waals surface area contributed by atoms with Crippen LogP contribution in [0.3, 0.4) is 0 Å². The van der Waals surface area contributed by atoms with Crippen LogP contribution in [-0.2, 0) is 0 Å². The molecule has 28 heavy (non-hydrogen) atoms. The summed E-state index contributed by atoms with van der Waals surface area (Å²) < 4.78 is 0. The van der Waals surface area contributed by atoms with Crippen molar-refractivity contribution in [3.63, 3.8) is 0 Å². The Labute approximate surface area is 158 Å². The molecule has 134 valence electrons. The molecular formula is C24H14O4. The SMILES string of the molecule is Cc1ccc2c(=O)c3cc4c(=O)c5cc(C)ccc5c(=O)c4cc3c(=O)c2c1. The molecule has 0 heterocycles. The molecule has 0 aromatic heterocycles. The van der Waals surface area contributed by atoms with Crippen molar-refractivity contribution in [1.29, 1.82) is 0 Å². The number of aryl methyl sites for hydroxylation is 2. The molecule has 0 aliphatic heterocycles. The lowest BCUT2D eigenvalue weighted by Gasteiger charge is -2.06. The van der Waals surface area contributed by atoms with Gasteiger partial charge in [0.1, 0.15) is 0 Å². The molecule has 0 radical (unpaired) electrons. The summed E-state index contributed by atoms with van der Waals surface area (Å²) >= 11 is 0. The van der Waals surface area contributed by atoms with Gasteiger partial charge in [-0.3, -0.25) is 19.2 Å². The number of hydrogen-bond acceptors (Lipinski definition) is 4. The first-order valence-electron chi connectivity index (χ1n) is 8.95. The highest BCUT2D eigenvalue weighted by Gasteiger charge is 2.16. The van der Waals surface area contributed by atoms with E-state index in [0.29, 0.717) is 21.5 Å². The largest absolute Gasteiger partial charge is 0.289 e. The van der Waals surface area contributed by atoms with Crippen LogP contribution in [0.15, 0.2) is 67.7 Å². The Hall–Kier alpha value is -3.66. The van der Waals surface area contributed by atoms with E-state index < -0.39 is 0 Å². The molecule has 0 aliphatic rings. The third-order valence-corrected chi connectivity index (χ3v) is 5.46. The molecule has 0 fully saturated rings. The highest BCUT2D eigenvalue weighted by Crippen LogP contribution is 2.21. The highest BCUT2D eigenvalue weighted by atomic mass is 16.1. The molecule has 4 heteroatoms. The van der Waals surface area contributed by atoms with Gasteiger partial charge in [0, 0.05) is 43.1 Å². The van der Waals surface area contributed by atoms with Crippen molar-refractivity contribution < 1.29 is 0 Å². The number of fused-ring (bicyclic) bond motifs is 4. The molecular weight excluding hydrogens is 352 g/mol. The Morgan fingerprint density at radius 3 is 1.04 bits per heavy atom. The monoisotopic (exact) mass is 366 g/mol. The Kier molecular flexibility index (Phi) is 3.20. The molecule has 0 N–H and O–H groups in total. The molecule has 4 nitrogen and oxygen atoms in total. The minimum absolute atomic E-state index is 0.178. The number of rotatable bonds is 0. The summed E-state index contributed by atoms with van der Waals surface area (Å²) in [6, 6.07) is 13.0. The zero-order valence-corrected chi connectivity index (χ0v) is 15.3. The predicted molar refractivity (Wildman–Crippen MR) is 113 cm³/mol. The lowest BCUT2D eigenvalue weighted by Crippen LogP contribution is -2.17. The van der Waals surface area contributed by atoms with Crippen LogP contribution in [-0.4, -0.2) is 0 Å². The van der Waals surface area contributed by atoms with Gasteiger partial charge in [0.25, 0.3) is 0 Å². The first kappa shape index (κ1) is 16.5. The Bertz CT molecular complexity index is 1570. The summed E-state index contributed by atoms with van der Waals surface area (Å²) in [4.78, 5) is 52.0. The summed E-state index contributed by atoms with van der Waals surface area (Å²) in [6.45, 7) is 3.70. The lowest BCUT2D eigenvalue weighted by atomic mass is 9.95. The smallest absolute Gasteiger partial charge is 0.194 e. The van der Waals surface area contributed by atoms with Crippen LogP contribution >= 0.6 is 0 Å². The third-order valence-electron chi connectivity index (χ3n) is 5.46. The third kappa shape index (κ3) is 2.06. The van der Waals surface area contributed by atoms with Gasteiger partial charge in [-0.25, -0.2) is 0 Å². The molecule has 0 atom stereocenters. The number of hydrogen-bond donors (Lipinski definition) is 0. The Morgan fingerprint density at radius 1 is 0.393 bits per heavy atom. The molecule has 5 aromatic rings. The second kappa shape index (κ2) is 5.42. The van der Waals surface area contributed by atoms with Crippen LogP contribution in [0.25, 0.3) is 43.1 Å². The summed E-state index contributed by atoms with van der Waals surface area (Å²) in [5.41, 5.74) is 0.538. The van der Waals surface area contributed by atoms with Crippen molar-refractivity contribution in [3.05, 3.63) is 101 Å². The fourth-order valence-corrected chi connectivity index (χ4v) is 4.02. The van der Waals surface area contributed by atoms with Crippen LogP contribution < -0.4 is 21.7 Å². The van der Waals surface area contributed by atoms with Crippen molar-refractivity contribution in [2.45, 2.75) is 13.8 Å². The fraction of sp³-hybridized carbons (Fsp3) is 0.0833. The van der Waals surface area contributed by atoms with Gasteiger partial charge < -0.3 is 0 Å². The molecule has 0 saturated carbocycles. The number of benzene rings is 5. The summed E-state index contributed by atoms with van der Waals surface area (Å²) in [5, 5.41) is 2.04. The molecule has 0 spiro atoms. The summed E-state index contributed by atoms with van der Waals surface area (Å²) in [7, 11) is 0. The standard InChI is InChI=1S/C24H14O4/c1-11-3-5-13-15(7-11)23(27)19-9-18-20(10-17(19)21(13)25)24(28)16-8-12(2)4-6-14(16)22(18)26/h3-10H,1-2H3. The zero-order chi connectivity index (χ0) is 19.7. The summed E-state index contributed by atoms with van der Waals surface area (Å²) in [5.74, 6) is 0. The van der Waals surface area contributed by atoms with Crippen LogP contribution in [0.4, 0.5) is 0 Å². The molecule has 0 bridgehead atoms. The molecule has 0 aliphatic carbocycles. The van der Waals surface area contributed by atoms with Crippen molar-refractivity contribution in [1.82, 2.24) is 0 Å². The maximum atomic E-state index is 13.0. The molecule has 0 saturated heterocycles. The van der Waals surface area contributed by atoms with E-state index >= 15 is 0 Å². The minimum atomic E-state index is -0.303. The van der Waals surface area contributed by atoms with Crippen LogP contribution in [0.1, 0.15) is 11.1 Å². The van der Waals surface area contributed by atoms with Crippen molar-refractivity contribution >= 4 is 43.1 Å². The topological polar surface area (TPSA) is 68.3 Å². The van der Waals surface area contributed by atoms with Crippen LogP contribution in [0.2, 0.25) is 0 Å². The second-order valence-electron chi connectivity index (χ2n) is 7.36. The second-order valence-corrected chi connectivity index (χ2v) is 7.36. The maximum Gasteiger partial charge on any atom is 0.194 e. The first-order chi connectivity index (χ1) is 13.4. The van der Waals surface area contributed by atoms with Gasteiger partial charge in [-0.2, -0.15) is 0 Å². The molecule has 0 unspecified atom stereocenters. The van der Waals surface area contributed by atoms with Gasteiger partial charge >= 0.3 is 0 Å². The van der Waals surface area contributed by atoms with Crippen molar-refractivity contribution in [3.8, 4) is 0 Å². The first-order valence-corrected chi connectivity index (χ1v) is 8.95. The fourth-order valence-electron chi connectivity index (χ4n) is 4.02. The van der Waals surface area contributed by atoms with Crippen LogP contribution in [0, 0.1) is 13.8 Å². The van der Waals surface area contributed by atoms with E-state index in [-0.39, 0.29) is 43.3 Å². The van der Waals surface area contributed by atoms with E-state index in [0.717, 1.165) is 11.1 Å². The lowest BCUT2D eigenvalue weighted by molar-refractivity contribution is 1.49. The van der Waals surface area contributed by atoms with Gasteiger partial charge in [-0.15, -0.1) is 0 Å². The highest BCUT2D eigenvalue weighted by molar-refractivity contribution is 6.07. The van der Waals surface area contributed by atoms with E-state index in [4.69, 9.17) is 0 Å². The Balaban J connectivity index is 2.12. The Morgan fingerprint density at radius 2 is 0.679 bits per heavy atom. The zero-order valence-electron chi connectivity index (χ0n) is 15.3. The molecule has 5 rings (SSSR count). The molecule has 5 aromatic carbocycles. The minimum Gasteiger partial charge on any atom is -0.289 e. The average Bonchev–Trinajstić information content (AvgIpc) is 2.69. The van der Waals surface area contributed by atoms with E-state index in [2.05, 4.69) is 0 Å². The van der Waals surface area contributed by atoms with Gasteiger partial charge in [0.05, 0.1) is 0 Å². The van der Waals surface area contributed by atoms with E-state index in [1.54, 1.807) is 36.4 Å². The van der Waals surface area contributed by atoms with Crippen LogP contribution in [0.5, 0.6) is 0 Å². The van der Waals surface area contributed by atoms with Gasteiger partial charge in [0.15, 0.2) is 21.7 Å². The van der Waals surface area contributed by atoms with E-state index in [1.165, 1.54) is 12.1 Å². The normalized spacial score (nSPS) is 11.8. The summed E-state index contributed by atoms with van der Waals surface area (Å²) in [6.07, 6.45) is 0.